The Balaban J connectivity index is 2.69. The molecule has 9 heteroatoms. The minimum Gasteiger partial charge on any atom is -0.481 e. The second kappa shape index (κ2) is 23.4. The molecule has 1 amide bonds. The van der Waals surface area contributed by atoms with Gasteiger partial charge in [0.05, 0.1) is 17.9 Å². The van der Waals surface area contributed by atoms with Gasteiger partial charge in [-0.15, -0.1) is 5.92 Å². The highest BCUT2D eigenvalue weighted by atomic mass is 16.5. The number of hydrogen-bond acceptors (Lipinski definition) is 6. The molecule has 0 heterocycles. The maximum Gasteiger partial charge on any atom is 0.326 e. The third-order valence-corrected chi connectivity index (χ3v) is 7.31. The molecule has 0 bridgehead atoms. The number of unbranched alkanes of at least 4 members (excludes halogenated alkanes) is 8. The van der Waals surface area contributed by atoms with Crippen LogP contribution in [0.1, 0.15) is 103 Å². The number of nitriles is 1. The van der Waals surface area contributed by atoms with Crippen LogP contribution in [0.4, 0.5) is 0 Å². The number of aliphatic carboxylic acids is 2. The van der Waals surface area contributed by atoms with Gasteiger partial charge in [-0.3, -0.25) is 14.4 Å². The van der Waals surface area contributed by atoms with Crippen LogP contribution in [-0.4, -0.2) is 46.5 Å². The van der Waals surface area contributed by atoms with Crippen molar-refractivity contribution in [2.75, 3.05) is 6.61 Å². The lowest BCUT2D eigenvalue weighted by molar-refractivity contribution is -0.147. The number of carbonyl (C=O) groups excluding carboxylic acids is 2. The summed E-state index contributed by atoms with van der Waals surface area (Å²) >= 11 is 0. The molecule has 1 rings (SSSR count). The normalized spacial score (nSPS) is 12.8. The molecule has 0 unspecified atom stereocenters. The van der Waals surface area contributed by atoms with Crippen LogP contribution in [0.2, 0.25) is 0 Å². The van der Waals surface area contributed by atoms with E-state index in [1.54, 1.807) is 37.3 Å². The number of hydrogen-bond donors (Lipinski definition) is 3. The summed E-state index contributed by atoms with van der Waals surface area (Å²) in [6.45, 7) is 4.10. The Morgan fingerprint density at radius 2 is 1.57 bits per heavy atom. The third-order valence-electron chi connectivity index (χ3n) is 7.31. The number of rotatable bonds is 24. The zero-order chi connectivity index (χ0) is 32.6. The van der Waals surface area contributed by atoms with Crippen LogP contribution in [0.5, 0.6) is 5.75 Å². The number of allylic oxidation sites excluding steroid dienone is 1. The molecule has 240 valence electrons. The lowest BCUT2D eigenvalue weighted by Gasteiger charge is -2.22. The van der Waals surface area contributed by atoms with Gasteiger partial charge in [-0.2, -0.15) is 5.26 Å². The predicted molar refractivity (Wildman–Crippen MR) is 169 cm³/mol. The molecule has 0 radical (unpaired) electrons. The summed E-state index contributed by atoms with van der Waals surface area (Å²) in [5, 5.41) is 31.1. The maximum absolute atomic E-state index is 13.2. The second-order valence-electron chi connectivity index (χ2n) is 10.9. The summed E-state index contributed by atoms with van der Waals surface area (Å²) in [5.74, 6) is 0.540. The van der Waals surface area contributed by atoms with Gasteiger partial charge < -0.3 is 20.3 Å². The van der Waals surface area contributed by atoms with Crippen molar-refractivity contribution in [3.63, 3.8) is 0 Å². The first kappa shape index (κ1) is 37.9. The molecule has 0 fully saturated rings. The molecule has 0 aliphatic rings. The number of nitrogens with one attached hydrogen (secondary N) is 1. The molecule has 9 nitrogen and oxygen atoms in total. The topological polar surface area (TPSA) is 154 Å². The largest absolute Gasteiger partial charge is 0.481 e. The molecule has 44 heavy (non-hydrogen) atoms. The minimum absolute atomic E-state index is 0.0239. The molecule has 0 saturated heterocycles. The Bertz CT molecular complexity index is 1160. The maximum atomic E-state index is 13.2. The zero-order valence-electron chi connectivity index (χ0n) is 26.2. The first-order chi connectivity index (χ1) is 21.2. The fourth-order valence-corrected chi connectivity index (χ4v) is 4.72. The molecule has 1 aromatic rings. The molecular formula is C35H48N2O7. The molecule has 0 aliphatic heterocycles. The van der Waals surface area contributed by atoms with Gasteiger partial charge in [0.2, 0.25) is 5.91 Å². The number of benzene rings is 1. The molecule has 0 aliphatic carbocycles. The summed E-state index contributed by atoms with van der Waals surface area (Å²) < 4.78 is 5.46. The summed E-state index contributed by atoms with van der Waals surface area (Å²) in [5.41, 5.74) is 0.638. The Kier molecular flexibility index (Phi) is 20.1. The van der Waals surface area contributed by atoms with E-state index < -0.39 is 42.1 Å². The summed E-state index contributed by atoms with van der Waals surface area (Å²) in [4.78, 5) is 49.1. The number of amides is 1. The standard InChI is InChI=1S/C35H48N2O7/c1-3-5-7-10-13-16-28(38)17-14-11-8-9-12-15-18-30(31(23-24-36)34(40)41)33(39)37-32(35(42)43)26-27-19-21-29(22-20-27)44-25-6-4-2/h15,18-22,30-32H,3,5,7-14,16-17,23,25-26H2,1-2H3,(H,37,39)(H,40,41)(H,42,43)/b18-15+/t30-,31+,32-/m0/s1. The lowest BCUT2D eigenvalue weighted by atomic mass is 9.88. The zero-order valence-corrected chi connectivity index (χ0v) is 26.2. The summed E-state index contributed by atoms with van der Waals surface area (Å²) in [7, 11) is 0. The fraction of sp³-hybridized carbons (Fsp3) is 0.571. The molecule has 3 atom stereocenters. The van der Waals surface area contributed by atoms with Crippen LogP contribution < -0.4 is 10.1 Å². The average molecular weight is 609 g/mol. The van der Waals surface area contributed by atoms with Gasteiger partial charge in [0.25, 0.3) is 0 Å². The summed E-state index contributed by atoms with van der Waals surface area (Å²) in [6, 6.07) is 7.26. The molecule has 0 saturated carbocycles. The number of carbonyl (C=O) groups is 4. The van der Waals surface area contributed by atoms with E-state index in [-0.39, 0.29) is 13.0 Å². The quantitative estimate of drug-likeness (QED) is 0.0706. The van der Waals surface area contributed by atoms with Gasteiger partial charge in [0, 0.05) is 25.7 Å². The van der Waals surface area contributed by atoms with Crippen LogP contribution in [0, 0.1) is 35.0 Å². The lowest BCUT2D eigenvalue weighted by Crippen LogP contribution is -2.46. The highest BCUT2D eigenvalue weighted by molar-refractivity contribution is 5.89. The predicted octanol–water partition coefficient (Wildman–Crippen LogP) is 6.26. The van der Waals surface area contributed by atoms with E-state index in [0.29, 0.717) is 36.4 Å². The minimum atomic E-state index is -1.32. The molecule has 1 aromatic carbocycles. The van der Waals surface area contributed by atoms with Crippen molar-refractivity contribution in [1.82, 2.24) is 5.32 Å². The van der Waals surface area contributed by atoms with Gasteiger partial charge in [-0.05, 0) is 50.3 Å². The number of ketones is 1. The van der Waals surface area contributed by atoms with E-state index >= 15 is 0 Å². The highest BCUT2D eigenvalue weighted by Gasteiger charge is 2.34. The first-order valence-corrected chi connectivity index (χ1v) is 15.7. The van der Waals surface area contributed by atoms with E-state index in [1.165, 1.54) is 25.3 Å². The van der Waals surface area contributed by atoms with E-state index in [2.05, 4.69) is 24.1 Å². The van der Waals surface area contributed by atoms with Crippen molar-refractivity contribution >= 4 is 23.6 Å². The Hall–Kier alpha value is -4.11. The van der Waals surface area contributed by atoms with E-state index in [1.807, 2.05) is 6.07 Å². The van der Waals surface area contributed by atoms with Crippen molar-refractivity contribution in [3.8, 4) is 23.7 Å². The van der Waals surface area contributed by atoms with Gasteiger partial charge in [0.1, 0.15) is 24.2 Å². The van der Waals surface area contributed by atoms with Gasteiger partial charge in [-0.1, -0.05) is 75.7 Å². The van der Waals surface area contributed by atoms with Crippen molar-refractivity contribution in [1.29, 1.82) is 5.26 Å². The van der Waals surface area contributed by atoms with Gasteiger partial charge >= 0.3 is 11.9 Å². The number of Topliss-reactive ketones (excluding diaryl/α,β-unsaturated/α-hetero) is 1. The SMILES string of the molecule is CC#CCOc1ccc(C[C@H](NC(=O)[C@@H](/C=C/CCCCCCC(=O)CCCCCCC)[C@@H](CC#N)C(=O)O)C(=O)O)cc1. The van der Waals surface area contributed by atoms with E-state index in [0.717, 1.165) is 38.5 Å². The Morgan fingerprint density at radius 1 is 0.932 bits per heavy atom. The monoisotopic (exact) mass is 608 g/mol. The Labute approximate surface area is 262 Å². The molecule has 0 aromatic heterocycles. The molecular weight excluding hydrogens is 560 g/mol. The number of carboxylic acids is 2. The van der Waals surface area contributed by atoms with Gasteiger partial charge in [-0.25, -0.2) is 4.79 Å². The third kappa shape index (κ3) is 16.5. The molecule has 3 N–H and O–H groups in total. The van der Waals surface area contributed by atoms with Crippen LogP contribution in [0.15, 0.2) is 36.4 Å². The number of nitrogens with zero attached hydrogens (tertiary/aromatic N) is 1. The smallest absolute Gasteiger partial charge is 0.326 e. The van der Waals surface area contributed by atoms with Crippen LogP contribution in [0.3, 0.4) is 0 Å². The van der Waals surface area contributed by atoms with Crippen molar-refractivity contribution < 1.29 is 34.1 Å². The van der Waals surface area contributed by atoms with Crippen molar-refractivity contribution in [3.05, 3.63) is 42.0 Å². The van der Waals surface area contributed by atoms with Crippen LogP contribution in [0.25, 0.3) is 0 Å². The number of carboxylic acid groups (broad SMARTS) is 2. The van der Waals surface area contributed by atoms with Crippen LogP contribution >= 0.6 is 0 Å². The van der Waals surface area contributed by atoms with Crippen LogP contribution in [-0.2, 0) is 25.6 Å². The van der Waals surface area contributed by atoms with Crippen molar-refractivity contribution in [2.24, 2.45) is 11.8 Å². The first-order valence-electron chi connectivity index (χ1n) is 15.7. The average Bonchev–Trinajstić information content (AvgIpc) is 2.99. The number of ether oxygens (including phenoxy) is 1. The molecule has 0 spiro atoms. The fourth-order valence-electron chi connectivity index (χ4n) is 4.72. The van der Waals surface area contributed by atoms with E-state index in [4.69, 9.17) is 4.74 Å². The van der Waals surface area contributed by atoms with Gasteiger partial charge in [0.15, 0.2) is 0 Å². The Morgan fingerprint density at radius 3 is 2.14 bits per heavy atom. The van der Waals surface area contributed by atoms with E-state index in [9.17, 15) is 34.7 Å². The summed E-state index contributed by atoms with van der Waals surface area (Å²) in [6.07, 6.45) is 13.7. The second-order valence-corrected chi connectivity index (χ2v) is 10.9. The van der Waals surface area contributed by atoms with Crippen molar-refractivity contribution in [2.45, 2.75) is 110 Å². The highest BCUT2D eigenvalue weighted by Crippen LogP contribution is 2.21.